The van der Waals surface area contributed by atoms with E-state index in [2.05, 4.69) is 15.7 Å². The van der Waals surface area contributed by atoms with E-state index < -0.39 is 12.0 Å². The number of allylic oxidation sites excluding steroid dienone is 1. The summed E-state index contributed by atoms with van der Waals surface area (Å²) >= 11 is 0. The second-order valence-electron chi connectivity index (χ2n) is 5.07. The van der Waals surface area contributed by atoms with Gasteiger partial charge in [0, 0.05) is 5.70 Å². The van der Waals surface area contributed by atoms with Crippen molar-refractivity contribution in [2.45, 2.75) is 26.8 Å². The molecule has 1 heterocycles. The number of aromatic hydroxyl groups is 1. The van der Waals surface area contributed by atoms with Gasteiger partial charge >= 0.3 is 5.97 Å². The van der Waals surface area contributed by atoms with Crippen LogP contribution in [0.25, 0.3) is 0 Å². The van der Waals surface area contributed by atoms with Crippen LogP contribution in [0.5, 0.6) is 11.5 Å². The molecule has 0 saturated heterocycles. The van der Waals surface area contributed by atoms with Gasteiger partial charge in [-0.15, -0.1) is 0 Å². The molecule has 1 aromatic carbocycles. The van der Waals surface area contributed by atoms with Gasteiger partial charge in [-0.05, 0) is 38.5 Å². The van der Waals surface area contributed by atoms with Crippen LogP contribution in [-0.4, -0.2) is 30.2 Å². The van der Waals surface area contributed by atoms with Gasteiger partial charge in [0.25, 0.3) is 0 Å². The fraction of sp³-hybridized carbons (Fsp3) is 0.375. The molecule has 0 spiro atoms. The Labute approximate surface area is 140 Å². The van der Waals surface area contributed by atoms with Crippen LogP contribution in [-0.2, 0) is 9.53 Å². The Kier molecular flexibility index (Phi) is 5.64. The number of rotatable bonds is 5. The summed E-state index contributed by atoms with van der Waals surface area (Å²) in [6.07, 6.45) is 0. The van der Waals surface area contributed by atoms with E-state index >= 15 is 0 Å². The number of benzene rings is 1. The predicted octanol–water partition coefficient (Wildman–Crippen LogP) is 1.09. The number of ether oxygens (including phenoxy) is 2. The first-order chi connectivity index (χ1) is 11.5. The van der Waals surface area contributed by atoms with E-state index in [0.29, 0.717) is 35.1 Å². The normalized spacial score (nSPS) is 17.0. The highest BCUT2D eigenvalue weighted by atomic mass is 16.5. The van der Waals surface area contributed by atoms with Gasteiger partial charge in [0.2, 0.25) is 5.96 Å². The summed E-state index contributed by atoms with van der Waals surface area (Å²) in [5.41, 5.74) is 4.09. The van der Waals surface area contributed by atoms with Crippen LogP contribution in [0, 0.1) is 0 Å². The predicted molar refractivity (Wildman–Crippen MR) is 89.2 cm³/mol. The van der Waals surface area contributed by atoms with Crippen LogP contribution < -0.4 is 21.3 Å². The molecule has 0 bridgehead atoms. The quantitative estimate of drug-likeness (QED) is 0.362. The lowest BCUT2D eigenvalue weighted by Gasteiger charge is -2.26. The summed E-state index contributed by atoms with van der Waals surface area (Å²) in [4.78, 5) is 16.8. The van der Waals surface area contributed by atoms with Crippen LogP contribution in [0.2, 0.25) is 0 Å². The smallest absolute Gasteiger partial charge is 0.338 e. The number of nitrogens with zero attached hydrogens (tertiary/aromatic N) is 1. The van der Waals surface area contributed by atoms with Crippen LogP contribution in [0.4, 0.5) is 0 Å². The summed E-state index contributed by atoms with van der Waals surface area (Å²) in [7, 11) is 0. The molecule has 0 fully saturated rings. The Morgan fingerprint density at radius 2 is 2.17 bits per heavy atom. The zero-order chi connectivity index (χ0) is 17.7. The van der Waals surface area contributed by atoms with Gasteiger partial charge in [-0.25, -0.2) is 15.6 Å². The van der Waals surface area contributed by atoms with Gasteiger partial charge in [0.15, 0.2) is 11.5 Å². The number of hydrazine groups is 1. The van der Waals surface area contributed by atoms with E-state index in [1.807, 2.05) is 6.92 Å². The van der Waals surface area contributed by atoms with Crippen molar-refractivity contribution in [3.8, 4) is 11.5 Å². The summed E-state index contributed by atoms with van der Waals surface area (Å²) in [5, 5.41) is 12.8. The number of hydrogen-bond donors (Lipinski definition) is 4. The molecule has 0 amide bonds. The first kappa shape index (κ1) is 17.6. The van der Waals surface area contributed by atoms with Gasteiger partial charge in [0.1, 0.15) is 6.04 Å². The molecule has 8 heteroatoms. The van der Waals surface area contributed by atoms with Gasteiger partial charge in [-0.1, -0.05) is 6.07 Å². The lowest BCUT2D eigenvalue weighted by molar-refractivity contribution is -0.138. The largest absolute Gasteiger partial charge is 0.504 e. The Morgan fingerprint density at radius 1 is 1.42 bits per heavy atom. The van der Waals surface area contributed by atoms with Crippen molar-refractivity contribution in [2.75, 3.05) is 13.2 Å². The van der Waals surface area contributed by atoms with E-state index in [1.54, 1.807) is 26.0 Å². The Bertz CT molecular complexity index is 685. The number of phenols is 1. The van der Waals surface area contributed by atoms with Crippen molar-refractivity contribution in [1.82, 2.24) is 10.7 Å². The second-order valence-corrected chi connectivity index (χ2v) is 5.07. The number of nitrogens with two attached hydrogens (primary N) is 1. The number of hydrogen-bond acceptors (Lipinski definition) is 8. The fourth-order valence-electron chi connectivity index (χ4n) is 2.44. The van der Waals surface area contributed by atoms with Crippen molar-refractivity contribution >= 4 is 11.9 Å². The minimum atomic E-state index is -0.629. The van der Waals surface area contributed by atoms with Crippen LogP contribution in [0.15, 0.2) is 34.5 Å². The number of aliphatic imine (C=N–C) groups is 1. The van der Waals surface area contributed by atoms with E-state index in [9.17, 15) is 9.90 Å². The molecular formula is C16H22N4O4. The SMILES string of the molecule is CCOC(=O)C1=C(C)NC(NN)=N[C@@H]1c1ccc(O)c(OCC)c1. The van der Waals surface area contributed by atoms with Crippen molar-refractivity contribution in [2.24, 2.45) is 10.8 Å². The third-order valence-electron chi connectivity index (χ3n) is 3.47. The lowest BCUT2D eigenvalue weighted by atomic mass is 9.96. The number of carbonyl (C=O) groups excluding carboxylic acids is 1. The maximum Gasteiger partial charge on any atom is 0.338 e. The maximum absolute atomic E-state index is 12.3. The average Bonchev–Trinajstić information content (AvgIpc) is 2.56. The highest BCUT2D eigenvalue weighted by molar-refractivity contribution is 5.95. The van der Waals surface area contributed by atoms with E-state index in [-0.39, 0.29) is 12.4 Å². The minimum absolute atomic E-state index is 0.0223. The molecule has 2 rings (SSSR count). The number of esters is 1. The molecule has 0 unspecified atom stereocenters. The standard InChI is InChI=1S/C16H22N4O4/c1-4-23-12-8-10(6-7-11(12)21)14-13(15(22)24-5-2)9(3)18-16(19-14)20-17/h6-8,14,21H,4-5,17H2,1-3H3,(H2,18,19,20)/t14-/m1/s1. The van der Waals surface area contributed by atoms with Crippen molar-refractivity contribution in [3.05, 3.63) is 35.0 Å². The zero-order valence-corrected chi connectivity index (χ0v) is 13.9. The third kappa shape index (κ3) is 3.60. The molecule has 1 aliphatic rings. The maximum atomic E-state index is 12.3. The van der Waals surface area contributed by atoms with Gasteiger partial charge in [-0.3, -0.25) is 5.43 Å². The molecule has 0 saturated carbocycles. The van der Waals surface area contributed by atoms with Gasteiger partial charge in [0.05, 0.1) is 18.8 Å². The van der Waals surface area contributed by atoms with Crippen LogP contribution >= 0.6 is 0 Å². The molecule has 24 heavy (non-hydrogen) atoms. The fourth-order valence-corrected chi connectivity index (χ4v) is 2.44. The van der Waals surface area contributed by atoms with Gasteiger partial charge < -0.3 is 19.9 Å². The van der Waals surface area contributed by atoms with Crippen molar-refractivity contribution < 1.29 is 19.4 Å². The van der Waals surface area contributed by atoms with E-state index in [1.165, 1.54) is 6.07 Å². The van der Waals surface area contributed by atoms with Crippen molar-refractivity contribution in [1.29, 1.82) is 0 Å². The summed E-state index contributed by atoms with van der Waals surface area (Å²) in [6, 6.07) is 4.21. The molecule has 0 aliphatic carbocycles. The topological polar surface area (TPSA) is 118 Å². The van der Waals surface area contributed by atoms with Crippen LogP contribution in [0.1, 0.15) is 32.4 Å². The highest BCUT2D eigenvalue weighted by Gasteiger charge is 2.30. The van der Waals surface area contributed by atoms with Crippen molar-refractivity contribution in [3.63, 3.8) is 0 Å². The molecule has 130 valence electrons. The van der Waals surface area contributed by atoms with E-state index in [4.69, 9.17) is 15.3 Å². The molecule has 0 radical (unpaired) electrons. The summed E-state index contributed by atoms with van der Waals surface area (Å²) in [6.45, 7) is 5.97. The average molecular weight is 334 g/mol. The Hall–Kier alpha value is -2.74. The number of guanidine groups is 1. The Morgan fingerprint density at radius 3 is 2.79 bits per heavy atom. The first-order valence-corrected chi connectivity index (χ1v) is 7.66. The Balaban J connectivity index is 2.49. The monoisotopic (exact) mass is 334 g/mol. The van der Waals surface area contributed by atoms with E-state index in [0.717, 1.165) is 0 Å². The summed E-state index contributed by atoms with van der Waals surface area (Å²) in [5.74, 6) is 5.66. The molecule has 5 N–H and O–H groups in total. The minimum Gasteiger partial charge on any atom is -0.504 e. The molecule has 8 nitrogen and oxygen atoms in total. The molecule has 0 aromatic heterocycles. The molecule has 1 atom stereocenters. The second kappa shape index (κ2) is 7.69. The zero-order valence-electron chi connectivity index (χ0n) is 13.9. The highest BCUT2D eigenvalue weighted by Crippen LogP contribution is 2.36. The van der Waals surface area contributed by atoms with Crippen LogP contribution in [0.3, 0.4) is 0 Å². The number of phenolic OH excluding ortho intramolecular Hbond substituents is 1. The lowest BCUT2D eigenvalue weighted by Crippen LogP contribution is -2.44. The first-order valence-electron chi connectivity index (χ1n) is 7.66. The molecular weight excluding hydrogens is 312 g/mol. The number of nitrogens with one attached hydrogen (secondary N) is 2. The molecule has 1 aliphatic heterocycles. The number of carbonyl (C=O) groups is 1. The van der Waals surface area contributed by atoms with Gasteiger partial charge in [-0.2, -0.15) is 0 Å². The third-order valence-corrected chi connectivity index (χ3v) is 3.47. The molecule has 1 aromatic rings. The summed E-state index contributed by atoms with van der Waals surface area (Å²) < 4.78 is 10.5.